The van der Waals surface area contributed by atoms with E-state index in [2.05, 4.69) is 62.2 Å². The highest BCUT2D eigenvalue weighted by Gasteiger charge is 2.50. The zero-order valence-corrected chi connectivity index (χ0v) is 61.1. The second-order valence-corrected chi connectivity index (χ2v) is 30.3. The summed E-state index contributed by atoms with van der Waals surface area (Å²) in [7, 11) is 4.84. The molecule has 0 aliphatic carbocycles. The number of aryl methyl sites for hydroxylation is 1. The Bertz CT molecular complexity index is 4910. The summed E-state index contributed by atoms with van der Waals surface area (Å²) >= 11 is 5.48. The number of amides is 6. The largest absolute Gasteiger partial charge is 0.506 e. The lowest BCUT2D eigenvalue weighted by Gasteiger charge is -2.48. The number of rotatable bonds is 13. The van der Waals surface area contributed by atoms with E-state index in [1.165, 1.54) is 60.0 Å². The van der Waals surface area contributed by atoms with Crippen molar-refractivity contribution in [3.63, 3.8) is 0 Å². The number of primary amides is 1. The number of benzene rings is 1. The number of nitrogens with one attached hydrogen (secondary N) is 6. The average molecular weight is 1550 g/mol. The van der Waals surface area contributed by atoms with Gasteiger partial charge in [0.2, 0.25) is 5.91 Å². The Balaban J connectivity index is 0.953. The Hall–Kier alpha value is -9.86. The first-order valence-corrected chi connectivity index (χ1v) is 37.3. The van der Waals surface area contributed by atoms with Gasteiger partial charge in [-0.2, -0.15) is 9.94 Å². The number of carbonyl (C=O) groups excluding carboxylic acids is 8. The Morgan fingerprint density at radius 1 is 0.876 bits per heavy atom. The molecule has 12 bridgehead atoms. The molecule has 105 heavy (non-hydrogen) atoms. The number of methoxy groups -OCH3 is 1. The van der Waals surface area contributed by atoms with Gasteiger partial charge in [-0.15, -0.1) is 78.6 Å². The van der Waals surface area contributed by atoms with E-state index in [9.17, 15) is 39.7 Å². The van der Waals surface area contributed by atoms with E-state index in [1.807, 2.05) is 0 Å². The molecule has 8 aromatic heterocycles. The predicted molar refractivity (Wildman–Crippen MR) is 375 cm³/mol. The Labute approximate surface area is 617 Å². The van der Waals surface area contributed by atoms with Crippen LogP contribution in [0.3, 0.4) is 0 Å². The van der Waals surface area contributed by atoms with Gasteiger partial charge in [0.05, 0.1) is 43.1 Å². The number of aliphatic hydroxyl groups is 2. The summed E-state index contributed by atoms with van der Waals surface area (Å²) in [6.07, 6.45) is -7.32. The fourth-order valence-corrected chi connectivity index (χ4v) is 17.5. The zero-order valence-electron chi connectivity index (χ0n) is 56.2. The number of hydrogen-bond acceptors (Lipinski definition) is 34. The minimum atomic E-state index is -1.93. The number of hydrogen-bond donors (Lipinski definition) is 11. The zero-order chi connectivity index (χ0) is 74.4. The van der Waals surface area contributed by atoms with E-state index in [0.717, 1.165) is 68.4 Å². The van der Waals surface area contributed by atoms with Gasteiger partial charge in [-0.3, -0.25) is 28.8 Å². The number of tetrazole rings is 1. The number of carbonyl (C=O) groups is 8. The third-order valence-corrected chi connectivity index (χ3v) is 22.9. The summed E-state index contributed by atoms with van der Waals surface area (Å²) in [4.78, 5) is 146. The maximum Gasteiger partial charge on any atom is 0.358 e. The van der Waals surface area contributed by atoms with Crippen LogP contribution in [0.5, 0.6) is 5.75 Å². The molecular formula is C63H64N18O18S6. The van der Waals surface area contributed by atoms with Gasteiger partial charge in [0.15, 0.2) is 29.3 Å². The molecule has 0 saturated carbocycles. The minimum absolute atomic E-state index is 0.00540. The van der Waals surface area contributed by atoms with Crippen LogP contribution < -0.4 is 32.3 Å². The molecule has 0 radical (unpaired) electrons. The normalized spacial score (nSPS) is 23.6. The van der Waals surface area contributed by atoms with Crippen LogP contribution in [0, 0.1) is 0 Å². The van der Waals surface area contributed by atoms with Crippen molar-refractivity contribution in [3.8, 4) is 38.4 Å². The van der Waals surface area contributed by atoms with E-state index in [4.69, 9.17) is 49.1 Å². The molecule has 12 N–H and O–H groups in total. The molecule has 1 fully saturated rings. The molecule has 6 amide bonds. The van der Waals surface area contributed by atoms with Crippen molar-refractivity contribution >= 4 is 132 Å². The van der Waals surface area contributed by atoms with E-state index < -0.39 is 144 Å². The van der Waals surface area contributed by atoms with Crippen LogP contribution in [0.2, 0.25) is 0 Å². The number of aliphatic hydroxyl groups excluding tert-OH is 1. The lowest BCUT2D eigenvalue weighted by molar-refractivity contribution is -0.280. The number of aromatic amines is 1. The number of thiazole rings is 5. The van der Waals surface area contributed by atoms with Crippen LogP contribution in [0.4, 0.5) is 0 Å². The molecule has 1 aromatic carbocycles. The quantitative estimate of drug-likeness (QED) is 0.0342. The van der Waals surface area contributed by atoms with Gasteiger partial charge >= 0.3 is 11.9 Å². The molecule has 2 unspecified atom stereocenters. The molecule has 9 aromatic rings. The highest BCUT2D eigenvalue weighted by molar-refractivity contribution is 8.00. The maximum absolute atomic E-state index is 15.2. The molecular weight excluding hydrogens is 1490 g/mol. The smallest absolute Gasteiger partial charge is 0.358 e. The first-order chi connectivity index (χ1) is 50.2. The number of pyridine rings is 1. The van der Waals surface area contributed by atoms with Gasteiger partial charge in [0.25, 0.3) is 29.5 Å². The molecule has 4 aliphatic rings. The number of allylic oxidation sites excluding steroid dienone is 1. The first kappa shape index (κ1) is 73.5. The molecule has 36 nitrogen and oxygen atoms in total. The predicted octanol–water partition coefficient (Wildman–Crippen LogP) is 3.19. The SMILES string of the molecule is CO/C(C)=C1/NC(=O)C([C@@H](C)O)NC(=O)c2csc(n2)-c2cc(O)c(-c3nc(C(=O)NC(SCCc4nn[nH]n4)C(N)=O)cs3)nc2-c2csc(n2)[C@@H]2COC(=O)c3c4c5c(cccc5n3O)COC(=O)[C@@H](O[C@H]3C[C@](C)(O)[C@H](N(C)C)[C@H](C)O3)[C@@H](OC4)[C@H](NC(=O)c3csc1n3)c1nc(cs1)C(=O)N2. The number of cyclic esters (lactones) is 2. The van der Waals surface area contributed by atoms with Crippen molar-refractivity contribution in [2.24, 2.45) is 5.73 Å². The summed E-state index contributed by atoms with van der Waals surface area (Å²) in [6.45, 7) is 4.21. The van der Waals surface area contributed by atoms with Crippen molar-refractivity contribution in [1.82, 2.24) is 86.7 Å². The number of aromatic hydroxyl groups is 1. The number of nitrogens with two attached hydrogens (primary N) is 1. The van der Waals surface area contributed by atoms with E-state index in [0.29, 0.717) is 16.1 Å². The fourth-order valence-electron chi connectivity index (χ4n) is 12.4. The van der Waals surface area contributed by atoms with Crippen molar-refractivity contribution in [1.29, 1.82) is 0 Å². The number of esters is 2. The summed E-state index contributed by atoms with van der Waals surface area (Å²) in [5, 5.41) is 80.4. The van der Waals surface area contributed by atoms with Crippen molar-refractivity contribution in [2.75, 3.05) is 33.6 Å². The molecule has 12 heterocycles. The average Bonchev–Trinajstić information content (AvgIpc) is 1.67. The summed E-state index contributed by atoms with van der Waals surface area (Å²) in [5.74, 6) is -7.49. The number of aromatic nitrogens is 11. The monoisotopic (exact) mass is 1550 g/mol. The number of likely N-dealkylation sites (N-methyl/N-ethyl adjacent to an activating group) is 1. The van der Waals surface area contributed by atoms with E-state index in [-0.39, 0.29) is 117 Å². The second kappa shape index (κ2) is 30.3. The number of H-pyrrole nitrogens is 1. The third kappa shape index (κ3) is 15.1. The summed E-state index contributed by atoms with van der Waals surface area (Å²) < 4.78 is 38.3. The number of thioether (sulfide) groups is 1. The standard InChI is InChI=1S/C63H64N18O18S6/c1-23(82)40-54(89)73-41(24(2)94-7)57-68-33(21-103-57)52(87)74-44-46-47(99-38-14-63(4,92)48(80(5)6)25(3)98-38)62(91)96-15-26-9-8-10-35-39(26)28(16-95-46)45(81(35)93)61(90)97-17-29(65-50(85)31-20-105-59(44)70-31)56-66-30(18-102-56)42-27(55-67-32(19-101-55)51(86)72-40)13-36(83)43(71-42)58-69-34(22-104-58)53(88)75-60(49(64)84)100-12-11-37-76-78-79-77-37/h8-10,13,18-23,25,29,38,40,44,46-48,60,82-83,92-93H,11-12,14-17H2,1-7H3,(H2,64,84)(H,65,85)(H,72,86)(H,73,89)(H,74,87)(H,75,88)(H,76,77,78,79)/b41-24+/t23-,25+,29+,38+,40?,44+,46+,47+,48-,60?,63+/m1/s1. The topological polar surface area (TPSA) is 499 Å². The van der Waals surface area contributed by atoms with Crippen molar-refractivity contribution < 1.29 is 87.3 Å². The van der Waals surface area contributed by atoms with Gasteiger partial charge < -0.3 is 86.2 Å². The molecule has 13 rings (SSSR count). The first-order valence-electron chi connectivity index (χ1n) is 31.9. The Morgan fingerprint density at radius 2 is 1.57 bits per heavy atom. The van der Waals surface area contributed by atoms with Gasteiger partial charge in [-0.25, -0.2) is 39.5 Å². The van der Waals surface area contributed by atoms with E-state index >= 15 is 19.2 Å². The van der Waals surface area contributed by atoms with Crippen molar-refractivity contribution in [3.05, 3.63) is 117 Å². The Kier molecular flexibility index (Phi) is 21.2. The van der Waals surface area contributed by atoms with Crippen molar-refractivity contribution in [2.45, 2.75) is 120 Å². The molecule has 550 valence electrons. The van der Waals surface area contributed by atoms with Gasteiger partial charge in [-0.1, -0.05) is 17.3 Å². The maximum atomic E-state index is 15.2. The van der Waals surface area contributed by atoms with Crippen LogP contribution in [0.25, 0.3) is 49.3 Å². The van der Waals surface area contributed by atoms with Crippen LogP contribution in [0.1, 0.15) is 131 Å². The molecule has 42 heteroatoms. The van der Waals surface area contributed by atoms with Gasteiger partial charge in [0, 0.05) is 62.0 Å². The lowest BCUT2D eigenvalue weighted by Crippen LogP contribution is -2.62. The molecule has 1 saturated heterocycles. The Morgan fingerprint density at radius 3 is 2.30 bits per heavy atom. The highest BCUT2D eigenvalue weighted by Crippen LogP contribution is 2.43. The molecule has 11 atom stereocenters. The third-order valence-electron chi connectivity index (χ3n) is 17.3. The minimum Gasteiger partial charge on any atom is -0.506 e. The lowest BCUT2D eigenvalue weighted by atomic mass is 9.85. The fraction of sp³-hybridized carbons (Fsp3) is 0.381. The number of fused-ring (bicyclic) bond motifs is 15. The van der Waals surface area contributed by atoms with Crippen LogP contribution in [-0.4, -0.2) is 215 Å². The molecule has 0 spiro atoms. The summed E-state index contributed by atoms with van der Waals surface area (Å²) in [5.41, 5.74) is 2.77. The molecule has 4 aliphatic heterocycles. The van der Waals surface area contributed by atoms with E-state index in [1.54, 1.807) is 45.0 Å². The van der Waals surface area contributed by atoms with Gasteiger partial charge in [-0.05, 0) is 59.5 Å². The van der Waals surface area contributed by atoms with Gasteiger partial charge in [0.1, 0.15) is 120 Å². The van der Waals surface area contributed by atoms with Crippen LogP contribution in [-0.2, 0) is 62.4 Å². The number of nitrogens with zero attached hydrogens (tertiary/aromatic N) is 11. The van der Waals surface area contributed by atoms with Crippen LogP contribution in [0.15, 0.2) is 56.9 Å². The second-order valence-electron chi connectivity index (χ2n) is 24.7. The summed E-state index contributed by atoms with van der Waals surface area (Å²) in [6, 6.07) is 0.603. The van der Waals surface area contributed by atoms with Crippen LogP contribution >= 0.6 is 68.4 Å². The number of ether oxygens (including phenoxy) is 6. The highest BCUT2D eigenvalue weighted by atomic mass is 32.2.